The van der Waals surface area contributed by atoms with Crippen LogP contribution in [0.1, 0.15) is 46.5 Å². The second kappa shape index (κ2) is 8.38. The van der Waals surface area contributed by atoms with E-state index in [4.69, 9.17) is 10.9 Å². The molecule has 1 fully saturated rings. The highest BCUT2D eigenvalue weighted by atomic mass is 16.4. The van der Waals surface area contributed by atoms with E-state index in [0.717, 1.165) is 39.0 Å². The van der Waals surface area contributed by atoms with Crippen LogP contribution in [0.4, 0.5) is 0 Å². The summed E-state index contributed by atoms with van der Waals surface area (Å²) in [4.78, 5) is 4.91. The van der Waals surface area contributed by atoms with Crippen LogP contribution in [0.5, 0.6) is 0 Å². The summed E-state index contributed by atoms with van der Waals surface area (Å²) in [6.07, 6.45) is 4.51. The van der Waals surface area contributed by atoms with Crippen LogP contribution in [0.25, 0.3) is 0 Å². The van der Waals surface area contributed by atoms with Crippen molar-refractivity contribution in [2.75, 3.05) is 26.2 Å². The minimum Gasteiger partial charge on any atom is -0.409 e. The van der Waals surface area contributed by atoms with Gasteiger partial charge in [0.1, 0.15) is 0 Å². The molecule has 19 heavy (non-hydrogen) atoms. The molecule has 2 atom stereocenters. The molecule has 5 nitrogen and oxygen atoms in total. The van der Waals surface area contributed by atoms with Crippen LogP contribution >= 0.6 is 0 Å². The predicted molar refractivity (Wildman–Crippen MR) is 79.6 cm³/mol. The lowest BCUT2D eigenvalue weighted by Crippen LogP contribution is -2.55. The van der Waals surface area contributed by atoms with Crippen molar-refractivity contribution in [1.29, 1.82) is 0 Å². The molecule has 0 aromatic rings. The normalized spacial score (nSPS) is 22.4. The summed E-state index contributed by atoms with van der Waals surface area (Å²) in [5.74, 6) is 0.358. The molecule has 0 saturated carbocycles. The van der Waals surface area contributed by atoms with E-state index in [1.54, 1.807) is 0 Å². The van der Waals surface area contributed by atoms with E-state index >= 15 is 0 Å². The minimum absolute atomic E-state index is 0.0960. The summed E-state index contributed by atoms with van der Waals surface area (Å²) < 4.78 is 0. The van der Waals surface area contributed by atoms with Crippen LogP contribution in [0.15, 0.2) is 5.16 Å². The van der Waals surface area contributed by atoms with Gasteiger partial charge >= 0.3 is 0 Å². The van der Waals surface area contributed by atoms with Crippen molar-refractivity contribution in [3.05, 3.63) is 0 Å². The summed E-state index contributed by atoms with van der Waals surface area (Å²) in [7, 11) is 0. The molecule has 0 aromatic heterocycles. The Bertz CT molecular complexity index is 275. The van der Waals surface area contributed by atoms with Gasteiger partial charge in [-0.15, -0.1) is 0 Å². The number of nitrogens with two attached hydrogens (primary N) is 1. The van der Waals surface area contributed by atoms with Gasteiger partial charge in [-0.1, -0.05) is 31.8 Å². The van der Waals surface area contributed by atoms with Crippen LogP contribution in [-0.2, 0) is 0 Å². The Morgan fingerprint density at radius 1 is 1.11 bits per heavy atom. The summed E-state index contributed by atoms with van der Waals surface area (Å²) in [6.45, 7) is 10.9. The maximum absolute atomic E-state index is 8.90. The van der Waals surface area contributed by atoms with E-state index in [1.165, 1.54) is 12.8 Å². The van der Waals surface area contributed by atoms with Gasteiger partial charge in [-0.25, -0.2) is 0 Å². The number of oxime groups is 1. The summed E-state index contributed by atoms with van der Waals surface area (Å²) in [6, 6.07) is 0.763. The van der Waals surface area contributed by atoms with Crippen molar-refractivity contribution in [2.45, 2.75) is 58.5 Å². The van der Waals surface area contributed by atoms with E-state index in [9.17, 15) is 0 Å². The highest BCUT2D eigenvalue weighted by molar-refractivity contribution is 5.85. The average Bonchev–Trinajstić information content (AvgIpc) is 2.44. The SMILES string of the molecule is CCCC(C)N1CCN(C(CCC)C(N)=NO)CC1. The van der Waals surface area contributed by atoms with Gasteiger partial charge in [0.15, 0.2) is 5.84 Å². The Labute approximate surface area is 117 Å². The van der Waals surface area contributed by atoms with E-state index in [0.29, 0.717) is 11.9 Å². The van der Waals surface area contributed by atoms with Gasteiger partial charge in [-0.3, -0.25) is 9.80 Å². The molecule has 1 aliphatic heterocycles. The summed E-state index contributed by atoms with van der Waals surface area (Å²) >= 11 is 0. The number of amidine groups is 1. The molecule has 5 heteroatoms. The number of piperazine rings is 1. The first-order chi connectivity index (χ1) is 9.13. The first-order valence-corrected chi connectivity index (χ1v) is 7.59. The Hall–Kier alpha value is -0.810. The third-order valence-corrected chi connectivity index (χ3v) is 4.14. The molecule has 0 radical (unpaired) electrons. The van der Waals surface area contributed by atoms with Crippen molar-refractivity contribution >= 4 is 5.84 Å². The van der Waals surface area contributed by atoms with E-state index in [2.05, 4.69) is 35.7 Å². The van der Waals surface area contributed by atoms with Crippen LogP contribution < -0.4 is 5.73 Å². The molecule has 1 aliphatic rings. The van der Waals surface area contributed by atoms with E-state index in [1.807, 2.05) is 0 Å². The van der Waals surface area contributed by atoms with Gasteiger partial charge in [0.05, 0.1) is 6.04 Å². The van der Waals surface area contributed by atoms with Crippen molar-refractivity contribution in [1.82, 2.24) is 9.80 Å². The first-order valence-electron chi connectivity index (χ1n) is 7.59. The molecule has 1 heterocycles. The zero-order valence-electron chi connectivity index (χ0n) is 12.7. The van der Waals surface area contributed by atoms with Crippen molar-refractivity contribution in [3.63, 3.8) is 0 Å². The monoisotopic (exact) mass is 270 g/mol. The van der Waals surface area contributed by atoms with E-state index < -0.39 is 0 Å². The fraction of sp³-hybridized carbons (Fsp3) is 0.929. The smallest absolute Gasteiger partial charge is 0.156 e. The molecule has 0 spiro atoms. The van der Waals surface area contributed by atoms with Gasteiger partial charge in [-0.05, 0) is 19.8 Å². The maximum Gasteiger partial charge on any atom is 0.156 e. The Kier molecular flexibility index (Phi) is 7.16. The van der Waals surface area contributed by atoms with E-state index in [-0.39, 0.29) is 6.04 Å². The van der Waals surface area contributed by atoms with Gasteiger partial charge in [0.25, 0.3) is 0 Å². The predicted octanol–water partition coefficient (Wildman–Crippen LogP) is 1.71. The highest BCUT2D eigenvalue weighted by Crippen LogP contribution is 2.15. The number of hydrogen-bond donors (Lipinski definition) is 2. The number of nitrogens with zero attached hydrogens (tertiary/aromatic N) is 3. The lowest BCUT2D eigenvalue weighted by molar-refractivity contribution is 0.0839. The minimum atomic E-state index is 0.0960. The van der Waals surface area contributed by atoms with Crippen LogP contribution in [0, 0.1) is 0 Å². The molecule has 1 rings (SSSR count). The zero-order valence-corrected chi connectivity index (χ0v) is 12.7. The van der Waals surface area contributed by atoms with Gasteiger partial charge < -0.3 is 10.9 Å². The van der Waals surface area contributed by atoms with Gasteiger partial charge in [0, 0.05) is 32.2 Å². The number of hydrogen-bond acceptors (Lipinski definition) is 4. The molecule has 112 valence electrons. The van der Waals surface area contributed by atoms with Crippen molar-refractivity contribution in [2.24, 2.45) is 10.9 Å². The number of rotatable bonds is 7. The second-order valence-electron chi connectivity index (χ2n) is 5.54. The van der Waals surface area contributed by atoms with Gasteiger partial charge in [-0.2, -0.15) is 0 Å². The lowest BCUT2D eigenvalue weighted by Gasteiger charge is -2.41. The standard InChI is InChI=1S/C14H30N4O/c1-4-6-12(3)17-8-10-18(11-9-17)13(7-5-2)14(15)16-19/h12-13,19H,4-11H2,1-3H3,(H2,15,16). The largest absolute Gasteiger partial charge is 0.409 e. The van der Waals surface area contributed by atoms with Crippen LogP contribution in [0.3, 0.4) is 0 Å². The van der Waals surface area contributed by atoms with Crippen molar-refractivity contribution in [3.8, 4) is 0 Å². The Morgan fingerprint density at radius 3 is 2.11 bits per heavy atom. The molecule has 2 unspecified atom stereocenters. The fourth-order valence-electron chi connectivity index (χ4n) is 2.95. The molecule has 3 N–H and O–H groups in total. The highest BCUT2D eigenvalue weighted by Gasteiger charge is 2.27. The quantitative estimate of drug-likeness (QED) is 0.320. The fourth-order valence-corrected chi connectivity index (χ4v) is 2.95. The third-order valence-electron chi connectivity index (χ3n) is 4.14. The Morgan fingerprint density at radius 2 is 1.63 bits per heavy atom. The average molecular weight is 270 g/mol. The lowest BCUT2D eigenvalue weighted by atomic mass is 10.1. The maximum atomic E-state index is 8.90. The molecular weight excluding hydrogens is 240 g/mol. The molecular formula is C14H30N4O. The molecule has 0 bridgehead atoms. The zero-order chi connectivity index (χ0) is 14.3. The van der Waals surface area contributed by atoms with Crippen LogP contribution in [0.2, 0.25) is 0 Å². The molecule has 0 amide bonds. The van der Waals surface area contributed by atoms with Crippen LogP contribution in [-0.4, -0.2) is 59.1 Å². The molecule has 0 aliphatic carbocycles. The Balaban J connectivity index is 2.51. The van der Waals surface area contributed by atoms with Gasteiger partial charge in [0.2, 0.25) is 0 Å². The summed E-state index contributed by atoms with van der Waals surface area (Å²) in [5.41, 5.74) is 5.82. The van der Waals surface area contributed by atoms with Crippen molar-refractivity contribution < 1.29 is 5.21 Å². The molecule has 1 saturated heterocycles. The first kappa shape index (κ1) is 16.2. The second-order valence-corrected chi connectivity index (χ2v) is 5.54. The molecule has 0 aromatic carbocycles. The summed E-state index contributed by atoms with van der Waals surface area (Å²) in [5, 5.41) is 12.1. The topological polar surface area (TPSA) is 65.1 Å². The third kappa shape index (κ3) is 4.66.